The van der Waals surface area contributed by atoms with Crippen LogP contribution < -0.4 is 15.0 Å². The summed E-state index contributed by atoms with van der Waals surface area (Å²) >= 11 is 0. The number of ether oxygens (including phenoxy) is 2. The minimum absolute atomic E-state index is 0.0690. The van der Waals surface area contributed by atoms with E-state index in [9.17, 15) is 9.90 Å². The van der Waals surface area contributed by atoms with Gasteiger partial charge < -0.3 is 19.1 Å². The van der Waals surface area contributed by atoms with Crippen LogP contribution in [0.15, 0.2) is 53.3 Å². The molecule has 1 aromatic heterocycles. The van der Waals surface area contributed by atoms with E-state index in [0.717, 1.165) is 44.1 Å². The van der Waals surface area contributed by atoms with E-state index in [0.29, 0.717) is 36.4 Å². The number of benzene rings is 2. The number of hydrogen-bond donors (Lipinski definition) is 1. The molecule has 1 heterocycles. The number of unbranched alkanes of at least 4 members (excludes halogenated alkanes) is 8. The number of nitrogens with zero attached hydrogens (tertiary/aromatic N) is 1. The zero-order valence-corrected chi connectivity index (χ0v) is 21.4. The van der Waals surface area contributed by atoms with Crippen LogP contribution in [-0.4, -0.2) is 16.3 Å². The van der Waals surface area contributed by atoms with E-state index < -0.39 is 0 Å². The molecule has 0 saturated carbocycles. The molecule has 3 aromatic rings. The average Bonchev–Trinajstić information content (AvgIpc) is 2.88. The number of aromatic hydroxyl groups is 1. The Kier molecular flexibility index (Phi) is 11.0. The van der Waals surface area contributed by atoms with Gasteiger partial charge in [0, 0.05) is 18.0 Å². The van der Waals surface area contributed by atoms with E-state index >= 15 is 0 Å². The summed E-state index contributed by atoms with van der Waals surface area (Å²) in [5.41, 5.74) is 1.49. The first-order valence-corrected chi connectivity index (χ1v) is 13.3. The lowest BCUT2D eigenvalue weighted by molar-refractivity contribution is 0.283. The predicted octanol–water partition coefficient (Wildman–Crippen LogP) is 7.61. The maximum absolute atomic E-state index is 13.4. The second-order valence-electron chi connectivity index (χ2n) is 9.26. The van der Waals surface area contributed by atoms with Crippen LogP contribution in [0.2, 0.25) is 0 Å². The summed E-state index contributed by atoms with van der Waals surface area (Å²) in [7, 11) is 0. The van der Waals surface area contributed by atoms with Gasteiger partial charge in [0.15, 0.2) is 5.75 Å². The maximum Gasteiger partial charge on any atom is 0.297 e. The normalized spacial score (nSPS) is 11.1. The summed E-state index contributed by atoms with van der Waals surface area (Å²) in [6, 6.07) is 15.5. The highest BCUT2D eigenvalue weighted by Gasteiger charge is 2.18. The Morgan fingerprint density at radius 3 is 2.23 bits per heavy atom. The van der Waals surface area contributed by atoms with Gasteiger partial charge in [0.1, 0.15) is 12.4 Å². The highest BCUT2D eigenvalue weighted by molar-refractivity contribution is 5.88. The highest BCUT2D eigenvalue weighted by atomic mass is 16.5. The number of aryl methyl sites for hydroxylation is 1. The average molecular weight is 480 g/mol. The SMILES string of the molecule is CCCCCCCCOc1c(O)c2ccc(OCc3ccccc3)cc2n(CCCCCC)c1=O. The molecule has 2 aromatic carbocycles. The van der Waals surface area contributed by atoms with Crippen molar-refractivity contribution >= 4 is 10.9 Å². The monoisotopic (exact) mass is 479 g/mol. The lowest BCUT2D eigenvalue weighted by atomic mass is 10.1. The molecule has 0 atom stereocenters. The van der Waals surface area contributed by atoms with Crippen molar-refractivity contribution in [2.45, 2.75) is 91.2 Å². The molecular weight excluding hydrogens is 438 g/mol. The minimum atomic E-state index is -0.266. The molecule has 3 rings (SSSR count). The van der Waals surface area contributed by atoms with Gasteiger partial charge in [-0.05, 0) is 30.5 Å². The molecular formula is C30H41NO4. The lowest BCUT2D eigenvalue weighted by Gasteiger charge is -2.17. The van der Waals surface area contributed by atoms with Crippen molar-refractivity contribution in [3.63, 3.8) is 0 Å². The second kappa shape index (κ2) is 14.4. The van der Waals surface area contributed by atoms with Crippen molar-refractivity contribution in [1.82, 2.24) is 4.57 Å². The van der Waals surface area contributed by atoms with E-state index in [4.69, 9.17) is 9.47 Å². The first kappa shape index (κ1) is 26.7. The number of fused-ring (bicyclic) bond motifs is 1. The van der Waals surface area contributed by atoms with E-state index in [2.05, 4.69) is 13.8 Å². The molecule has 5 nitrogen and oxygen atoms in total. The molecule has 0 unspecified atom stereocenters. The molecule has 0 aliphatic rings. The maximum atomic E-state index is 13.4. The van der Waals surface area contributed by atoms with Crippen molar-refractivity contribution in [1.29, 1.82) is 0 Å². The molecule has 0 bridgehead atoms. The molecule has 35 heavy (non-hydrogen) atoms. The smallest absolute Gasteiger partial charge is 0.297 e. The molecule has 5 heteroatoms. The topological polar surface area (TPSA) is 60.7 Å². The Hall–Kier alpha value is -2.95. The summed E-state index contributed by atoms with van der Waals surface area (Å²) in [5, 5.41) is 11.6. The van der Waals surface area contributed by atoms with Gasteiger partial charge in [0.05, 0.1) is 12.1 Å². The van der Waals surface area contributed by atoms with Gasteiger partial charge in [0.25, 0.3) is 5.56 Å². The fraction of sp³-hybridized carbons (Fsp3) is 0.500. The Labute approximate surface area is 209 Å². The van der Waals surface area contributed by atoms with Gasteiger partial charge >= 0.3 is 0 Å². The van der Waals surface area contributed by atoms with Crippen LogP contribution >= 0.6 is 0 Å². The number of aromatic nitrogens is 1. The number of pyridine rings is 1. The molecule has 0 aliphatic heterocycles. The van der Waals surface area contributed by atoms with E-state index in [1.165, 1.54) is 25.7 Å². The molecule has 1 N–H and O–H groups in total. The zero-order valence-electron chi connectivity index (χ0n) is 21.4. The van der Waals surface area contributed by atoms with Gasteiger partial charge in [-0.15, -0.1) is 0 Å². The molecule has 190 valence electrons. The van der Waals surface area contributed by atoms with Crippen LogP contribution in [0, 0.1) is 0 Å². The third kappa shape index (κ3) is 7.78. The summed E-state index contributed by atoms with van der Waals surface area (Å²) < 4.78 is 13.6. The van der Waals surface area contributed by atoms with Gasteiger partial charge in [-0.2, -0.15) is 0 Å². The van der Waals surface area contributed by atoms with Gasteiger partial charge in [-0.3, -0.25) is 4.79 Å². The van der Waals surface area contributed by atoms with Crippen molar-refractivity contribution in [2.24, 2.45) is 0 Å². The highest BCUT2D eigenvalue weighted by Crippen LogP contribution is 2.34. The van der Waals surface area contributed by atoms with Crippen molar-refractivity contribution < 1.29 is 14.6 Å². The summed E-state index contributed by atoms with van der Waals surface area (Å²) in [6.45, 7) is 5.85. The molecule has 0 aliphatic carbocycles. The molecule has 0 saturated heterocycles. The zero-order chi connectivity index (χ0) is 24.9. The molecule has 0 amide bonds. The third-order valence-corrected chi connectivity index (χ3v) is 6.40. The Morgan fingerprint density at radius 1 is 0.800 bits per heavy atom. The number of hydrogen-bond acceptors (Lipinski definition) is 4. The van der Waals surface area contributed by atoms with E-state index in [1.807, 2.05) is 48.5 Å². The first-order chi connectivity index (χ1) is 17.2. The van der Waals surface area contributed by atoms with Crippen LogP contribution in [0.5, 0.6) is 17.2 Å². The van der Waals surface area contributed by atoms with Crippen molar-refractivity contribution in [3.05, 3.63) is 64.4 Å². The van der Waals surface area contributed by atoms with Crippen LogP contribution in [-0.2, 0) is 13.2 Å². The van der Waals surface area contributed by atoms with Crippen LogP contribution in [0.1, 0.15) is 83.6 Å². The lowest BCUT2D eigenvalue weighted by Crippen LogP contribution is -2.23. The summed E-state index contributed by atoms with van der Waals surface area (Å²) in [5.74, 6) is 0.665. The van der Waals surface area contributed by atoms with Crippen LogP contribution in [0.25, 0.3) is 10.9 Å². The standard InChI is InChI=1S/C30H41NO4/c1-3-5-7-9-10-15-21-34-29-28(32)26-19-18-25(35-23-24-16-12-11-13-17-24)22-27(26)31(30(29)33)20-14-8-6-4-2/h11-13,16-19,22,32H,3-10,14-15,20-21,23H2,1-2H3. The van der Waals surface area contributed by atoms with Gasteiger partial charge in [0.2, 0.25) is 5.75 Å². The fourth-order valence-corrected chi connectivity index (χ4v) is 4.33. The summed E-state index contributed by atoms with van der Waals surface area (Å²) in [4.78, 5) is 13.4. The predicted molar refractivity (Wildman–Crippen MR) is 144 cm³/mol. The Bertz CT molecular complexity index is 1090. The van der Waals surface area contributed by atoms with E-state index in [-0.39, 0.29) is 17.1 Å². The van der Waals surface area contributed by atoms with Gasteiger partial charge in [-0.1, -0.05) is 95.5 Å². The number of rotatable bonds is 16. The van der Waals surface area contributed by atoms with Gasteiger partial charge in [-0.25, -0.2) is 0 Å². The van der Waals surface area contributed by atoms with E-state index in [1.54, 1.807) is 4.57 Å². The second-order valence-corrected chi connectivity index (χ2v) is 9.26. The molecule has 0 spiro atoms. The summed E-state index contributed by atoms with van der Waals surface area (Å²) in [6.07, 6.45) is 11.1. The fourth-order valence-electron chi connectivity index (χ4n) is 4.33. The quantitative estimate of drug-likeness (QED) is 0.215. The van der Waals surface area contributed by atoms with Crippen molar-refractivity contribution in [2.75, 3.05) is 6.61 Å². The molecule has 0 radical (unpaired) electrons. The third-order valence-electron chi connectivity index (χ3n) is 6.40. The first-order valence-electron chi connectivity index (χ1n) is 13.3. The Balaban J connectivity index is 1.81. The Morgan fingerprint density at radius 2 is 1.49 bits per heavy atom. The van der Waals surface area contributed by atoms with Crippen LogP contribution in [0.3, 0.4) is 0 Å². The van der Waals surface area contributed by atoms with Crippen molar-refractivity contribution in [3.8, 4) is 17.2 Å². The van der Waals surface area contributed by atoms with Crippen LogP contribution in [0.4, 0.5) is 0 Å². The minimum Gasteiger partial charge on any atom is -0.504 e. The largest absolute Gasteiger partial charge is 0.504 e. The molecule has 0 fully saturated rings.